The summed E-state index contributed by atoms with van der Waals surface area (Å²) in [5, 5.41) is 7.82. The number of aryl methyl sites for hydroxylation is 2. The van der Waals surface area contributed by atoms with Gasteiger partial charge in [0.15, 0.2) is 0 Å². The predicted molar refractivity (Wildman–Crippen MR) is 129 cm³/mol. The molecule has 2 heterocycles. The summed E-state index contributed by atoms with van der Waals surface area (Å²) >= 11 is 0. The highest BCUT2D eigenvalue weighted by atomic mass is 19.4. The molecule has 11 heteroatoms. The molecule has 0 saturated heterocycles. The normalized spacial score (nSPS) is 11.2. The molecule has 0 aliphatic heterocycles. The zero-order valence-corrected chi connectivity index (χ0v) is 20.0. The van der Waals surface area contributed by atoms with E-state index in [1.807, 2.05) is 31.2 Å². The van der Waals surface area contributed by atoms with Gasteiger partial charge in [0.2, 0.25) is 0 Å². The van der Waals surface area contributed by atoms with Gasteiger partial charge in [0.1, 0.15) is 11.6 Å². The Kier molecular flexibility index (Phi) is 6.96. The molecule has 0 atom stereocenters. The minimum absolute atomic E-state index is 0.0748. The Morgan fingerprint density at radius 3 is 2.35 bits per heavy atom. The highest BCUT2D eigenvalue weighted by Gasteiger charge is 2.43. The number of carbonyl (C=O) groups is 2. The number of alkyl halides is 3. The number of ether oxygens (including phenoxy) is 2. The van der Waals surface area contributed by atoms with Crippen LogP contribution in [0.2, 0.25) is 0 Å². The molecule has 0 aliphatic rings. The van der Waals surface area contributed by atoms with Crippen LogP contribution in [0.5, 0.6) is 5.75 Å². The Balaban J connectivity index is 1.88. The Bertz CT molecular complexity index is 1470. The van der Waals surface area contributed by atoms with E-state index in [1.165, 1.54) is 25.3 Å². The van der Waals surface area contributed by atoms with Gasteiger partial charge in [-0.15, -0.1) is 0 Å². The van der Waals surface area contributed by atoms with Crippen LogP contribution < -0.4 is 10.1 Å². The first-order valence-electron chi connectivity index (χ1n) is 10.9. The average molecular weight is 510 g/mol. The maximum absolute atomic E-state index is 12.8. The van der Waals surface area contributed by atoms with Crippen LogP contribution in [0.3, 0.4) is 0 Å². The number of nitrogens with zero attached hydrogens (tertiary/aromatic N) is 3. The maximum atomic E-state index is 12.8. The number of methoxy groups -OCH3 is 1. The second-order valence-corrected chi connectivity index (χ2v) is 7.95. The molecule has 0 fully saturated rings. The first-order valence-corrected chi connectivity index (χ1v) is 10.9. The Morgan fingerprint density at radius 2 is 1.70 bits per heavy atom. The van der Waals surface area contributed by atoms with E-state index in [4.69, 9.17) is 9.84 Å². The highest BCUT2D eigenvalue weighted by molar-refractivity contribution is 6.03. The van der Waals surface area contributed by atoms with E-state index in [2.05, 4.69) is 15.0 Å². The molecule has 2 aromatic carbocycles. The summed E-state index contributed by atoms with van der Waals surface area (Å²) in [7, 11) is 1.33. The fourth-order valence-electron chi connectivity index (χ4n) is 3.74. The monoisotopic (exact) mass is 510 g/mol. The lowest BCUT2D eigenvalue weighted by Crippen LogP contribution is -2.28. The molecule has 0 radical (unpaired) electrons. The van der Waals surface area contributed by atoms with Crippen molar-refractivity contribution in [2.75, 3.05) is 12.4 Å². The number of aromatic nitrogens is 3. The minimum atomic E-state index is -5.34. The molecule has 0 amide bonds. The van der Waals surface area contributed by atoms with Gasteiger partial charge in [0, 0.05) is 18.0 Å². The molecule has 37 heavy (non-hydrogen) atoms. The highest BCUT2D eigenvalue weighted by Crippen LogP contribution is 2.37. The van der Waals surface area contributed by atoms with Gasteiger partial charge in [-0.3, -0.25) is 4.98 Å². The van der Waals surface area contributed by atoms with Crippen LogP contribution in [-0.4, -0.2) is 40.0 Å². The van der Waals surface area contributed by atoms with Crippen molar-refractivity contribution in [3.8, 4) is 22.6 Å². The number of hydrogen-bond donors (Lipinski definition) is 1. The molecule has 8 nitrogen and oxygen atoms in total. The second-order valence-electron chi connectivity index (χ2n) is 7.95. The minimum Gasteiger partial charge on any atom is -0.497 e. The first kappa shape index (κ1) is 25.4. The van der Waals surface area contributed by atoms with Crippen molar-refractivity contribution in [1.29, 1.82) is 0 Å². The molecule has 0 unspecified atom stereocenters. The number of carbonyl (C=O) groups excluding carboxylic acids is 2. The van der Waals surface area contributed by atoms with Crippen LogP contribution in [0.4, 0.5) is 24.7 Å². The molecule has 0 aliphatic carbocycles. The smallest absolute Gasteiger partial charge is 0.491 e. The summed E-state index contributed by atoms with van der Waals surface area (Å²) in [6, 6.07) is 15.2. The van der Waals surface area contributed by atoms with E-state index < -0.39 is 18.1 Å². The van der Waals surface area contributed by atoms with Crippen molar-refractivity contribution < 1.29 is 32.2 Å². The Hall–Kier alpha value is -4.67. The summed E-state index contributed by atoms with van der Waals surface area (Å²) in [4.78, 5) is 28.1. The van der Waals surface area contributed by atoms with Gasteiger partial charge in [-0.1, -0.05) is 18.2 Å². The third-order valence-electron chi connectivity index (χ3n) is 5.49. The SMILES string of the molecule is COc1ccc(Nc2c(-c3ccncc3)c(C)nn2-c2ccccc2C)c(C(=O)OC(=O)C(F)(F)F)c1. The van der Waals surface area contributed by atoms with Crippen molar-refractivity contribution in [2.45, 2.75) is 20.0 Å². The van der Waals surface area contributed by atoms with Crippen molar-refractivity contribution in [1.82, 2.24) is 14.8 Å². The molecular formula is C26H21F3N4O4. The Morgan fingerprint density at radius 1 is 1.00 bits per heavy atom. The molecule has 4 aromatic rings. The van der Waals surface area contributed by atoms with Crippen LogP contribution >= 0.6 is 0 Å². The van der Waals surface area contributed by atoms with E-state index in [0.29, 0.717) is 17.1 Å². The van der Waals surface area contributed by atoms with Gasteiger partial charge < -0.3 is 14.8 Å². The molecule has 0 spiro atoms. The number of para-hydroxylation sites is 1. The molecule has 2 aromatic heterocycles. The number of halogens is 3. The van der Waals surface area contributed by atoms with Gasteiger partial charge in [-0.05, 0) is 61.4 Å². The predicted octanol–water partition coefficient (Wildman–Crippen LogP) is 5.55. The maximum Gasteiger partial charge on any atom is 0.491 e. The summed E-state index contributed by atoms with van der Waals surface area (Å²) in [5.74, 6) is -3.51. The molecule has 0 saturated carbocycles. The number of pyridine rings is 1. The van der Waals surface area contributed by atoms with Crippen LogP contribution in [0.25, 0.3) is 16.8 Å². The fourth-order valence-corrected chi connectivity index (χ4v) is 3.74. The zero-order valence-electron chi connectivity index (χ0n) is 20.0. The number of rotatable bonds is 6. The first-order chi connectivity index (χ1) is 17.6. The summed E-state index contributed by atoms with van der Waals surface area (Å²) in [6.07, 6.45) is -2.11. The van der Waals surface area contributed by atoms with Gasteiger partial charge in [-0.2, -0.15) is 18.3 Å². The number of benzene rings is 2. The molecule has 0 bridgehead atoms. The third kappa shape index (κ3) is 5.30. The van der Waals surface area contributed by atoms with Gasteiger partial charge in [-0.25, -0.2) is 14.3 Å². The van der Waals surface area contributed by atoms with Gasteiger partial charge in [0.25, 0.3) is 0 Å². The summed E-state index contributed by atoms with van der Waals surface area (Å²) < 4.78 is 49.1. The van der Waals surface area contributed by atoms with Crippen LogP contribution in [-0.2, 0) is 9.53 Å². The van der Waals surface area contributed by atoms with Crippen molar-refractivity contribution in [2.24, 2.45) is 0 Å². The van der Waals surface area contributed by atoms with Crippen LogP contribution in [0, 0.1) is 13.8 Å². The molecule has 4 rings (SSSR count). The van der Waals surface area contributed by atoms with E-state index >= 15 is 0 Å². The summed E-state index contributed by atoms with van der Waals surface area (Å²) in [5.41, 5.74) is 3.45. The van der Waals surface area contributed by atoms with Crippen molar-refractivity contribution in [3.63, 3.8) is 0 Å². The standard InChI is InChI=1S/C26H21F3N4O4/c1-15-6-4-5-7-21(15)33-23(22(16(2)32-33)17-10-12-30-13-11-17)31-20-9-8-18(36-3)14-19(20)24(34)37-25(35)26(27,28)29/h4-14,31H,1-3H3. The van der Waals surface area contributed by atoms with E-state index in [9.17, 15) is 22.8 Å². The van der Waals surface area contributed by atoms with Crippen molar-refractivity contribution in [3.05, 3.63) is 83.8 Å². The number of anilines is 2. The number of hydrogen-bond acceptors (Lipinski definition) is 7. The molecular weight excluding hydrogens is 489 g/mol. The third-order valence-corrected chi connectivity index (χ3v) is 5.49. The van der Waals surface area contributed by atoms with E-state index in [0.717, 1.165) is 16.8 Å². The van der Waals surface area contributed by atoms with Crippen molar-refractivity contribution >= 4 is 23.4 Å². The van der Waals surface area contributed by atoms with Gasteiger partial charge >= 0.3 is 18.1 Å². The number of nitrogens with one attached hydrogen (secondary N) is 1. The summed E-state index contributed by atoms with van der Waals surface area (Å²) in [6.45, 7) is 3.71. The fraction of sp³-hybridized carbons (Fsp3) is 0.154. The topological polar surface area (TPSA) is 95.3 Å². The average Bonchev–Trinajstić information content (AvgIpc) is 3.19. The molecule has 190 valence electrons. The number of esters is 2. The van der Waals surface area contributed by atoms with E-state index in [1.54, 1.807) is 36.1 Å². The van der Waals surface area contributed by atoms with Crippen LogP contribution in [0.15, 0.2) is 67.0 Å². The quantitative estimate of drug-likeness (QED) is 0.268. The lowest BCUT2D eigenvalue weighted by molar-refractivity contribution is -0.193. The van der Waals surface area contributed by atoms with Crippen LogP contribution in [0.1, 0.15) is 21.6 Å². The second kappa shape index (κ2) is 10.1. The lowest BCUT2D eigenvalue weighted by Gasteiger charge is -2.17. The van der Waals surface area contributed by atoms with Gasteiger partial charge in [0.05, 0.1) is 29.7 Å². The largest absolute Gasteiger partial charge is 0.497 e. The Labute approximate surface area is 209 Å². The molecule has 1 N–H and O–H groups in total. The zero-order chi connectivity index (χ0) is 26.7. The van der Waals surface area contributed by atoms with E-state index in [-0.39, 0.29) is 17.0 Å². The lowest BCUT2D eigenvalue weighted by atomic mass is 10.1.